The summed E-state index contributed by atoms with van der Waals surface area (Å²) in [5, 5.41) is 3.10. The van der Waals surface area contributed by atoms with Crippen molar-refractivity contribution in [2.45, 2.75) is 38.8 Å². The smallest absolute Gasteiger partial charge is 0.257 e. The molecule has 0 aliphatic carbocycles. The maximum absolute atomic E-state index is 13.3. The Morgan fingerprint density at radius 1 is 1.09 bits per heavy atom. The van der Waals surface area contributed by atoms with Gasteiger partial charge in [0.1, 0.15) is 16.9 Å². The second kappa shape index (κ2) is 9.78. The number of nitrogen functional groups attached to an aromatic ring is 1. The Bertz CT molecular complexity index is 1220. The minimum Gasteiger partial charge on any atom is -0.385 e. The van der Waals surface area contributed by atoms with E-state index in [1.807, 2.05) is 54.0 Å². The molecule has 2 heterocycles. The number of ether oxygens (including phenoxy) is 1. The minimum atomic E-state index is -0.219. The molecule has 0 spiro atoms. The van der Waals surface area contributed by atoms with Gasteiger partial charge in [0.25, 0.3) is 5.91 Å². The molecule has 7 heteroatoms. The highest BCUT2D eigenvalue weighted by molar-refractivity contribution is 6.10. The zero-order chi connectivity index (χ0) is 22.5. The number of anilines is 1. The molecule has 0 radical (unpaired) electrons. The van der Waals surface area contributed by atoms with E-state index < -0.39 is 0 Å². The SMILES string of the molecule is COCCCn1c(N)c(C(=O)N[C@@H](C)CCc2ccccc2)c2nc3ccccc3nc21. The Hall–Kier alpha value is -3.45. The molecule has 1 atom stereocenters. The van der Waals surface area contributed by atoms with Crippen LogP contribution in [0.4, 0.5) is 5.82 Å². The van der Waals surface area contributed by atoms with Gasteiger partial charge < -0.3 is 20.4 Å². The number of carbonyl (C=O) groups excluding carboxylic acids is 1. The van der Waals surface area contributed by atoms with E-state index in [0.29, 0.717) is 35.7 Å². The summed E-state index contributed by atoms with van der Waals surface area (Å²) >= 11 is 0. The highest BCUT2D eigenvalue weighted by Crippen LogP contribution is 2.28. The van der Waals surface area contributed by atoms with Gasteiger partial charge in [0.2, 0.25) is 0 Å². The summed E-state index contributed by atoms with van der Waals surface area (Å²) in [6, 6.07) is 17.9. The molecule has 4 aromatic rings. The van der Waals surface area contributed by atoms with Crippen molar-refractivity contribution in [2.24, 2.45) is 0 Å². The first-order chi connectivity index (χ1) is 15.6. The molecule has 1 amide bonds. The van der Waals surface area contributed by atoms with E-state index in [1.54, 1.807) is 7.11 Å². The van der Waals surface area contributed by atoms with E-state index in [1.165, 1.54) is 5.56 Å². The molecule has 0 saturated heterocycles. The monoisotopic (exact) mass is 431 g/mol. The molecular formula is C25H29N5O2. The third-order valence-corrected chi connectivity index (χ3v) is 5.64. The molecule has 2 aromatic carbocycles. The number of amides is 1. The molecule has 0 unspecified atom stereocenters. The number of methoxy groups -OCH3 is 1. The summed E-state index contributed by atoms with van der Waals surface area (Å²) < 4.78 is 7.06. The molecule has 0 aliphatic heterocycles. The predicted molar refractivity (Wildman–Crippen MR) is 128 cm³/mol. The van der Waals surface area contributed by atoms with Crippen LogP contribution in [-0.2, 0) is 17.7 Å². The van der Waals surface area contributed by atoms with Crippen molar-refractivity contribution in [1.82, 2.24) is 19.9 Å². The quantitative estimate of drug-likeness (QED) is 0.391. The van der Waals surface area contributed by atoms with Crippen molar-refractivity contribution in [1.29, 1.82) is 0 Å². The van der Waals surface area contributed by atoms with Gasteiger partial charge in [-0.05, 0) is 43.9 Å². The summed E-state index contributed by atoms with van der Waals surface area (Å²) in [5.74, 6) is 0.169. The topological polar surface area (TPSA) is 95.1 Å². The first kappa shape index (κ1) is 21.8. The fraction of sp³-hybridized carbons (Fsp3) is 0.320. The summed E-state index contributed by atoms with van der Waals surface area (Å²) in [4.78, 5) is 22.8. The Morgan fingerprint density at radius 3 is 2.50 bits per heavy atom. The minimum absolute atomic E-state index is 0.0117. The number of hydrogen-bond acceptors (Lipinski definition) is 5. The van der Waals surface area contributed by atoms with Crippen molar-refractivity contribution in [2.75, 3.05) is 19.5 Å². The number of nitrogens with two attached hydrogens (primary N) is 1. The van der Waals surface area contributed by atoms with Crippen LogP contribution >= 0.6 is 0 Å². The molecule has 7 nitrogen and oxygen atoms in total. The Kier molecular flexibility index (Phi) is 6.66. The van der Waals surface area contributed by atoms with Crippen LogP contribution in [-0.4, -0.2) is 40.2 Å². The van der Waals surface area contributed by atoms with Gasteiger partial charge in [-0.3, -0.25) is 4.79 Å². The van der Waals surface area contributed by atoms with Gasteiger partial charge in [-0.1, -0.05) is 42.5 Å². The van der Waals surface area contributed by atoms with Crippen LogP contribution in [0, 0.1) is 0 Å². The number of carbonyl (C=O) groups is 1. The third kappa shape index (κ3) is 4.57. The normalized spacial score (nSPS) is 12.3. The zero-order valence-corrected chi connectivity index (χ0v) is 18.5. The molecule has 2 aromatic heterocycles. The van der Waals surface area contributed by atoms with E-state index in [0.717, 1.165) is 30.3 Å². The standard InChI is InChI=1S/C25H29N5O2/c1-17(13-14-18-9-4-3-5-10-18)27-25(31)21-22-24(30(23(21)26)15-8-16-32-2)29-20-12-7-6-11-19(20)28-22/h3-7,9-12,17H,8,13-16,26H2,1-2H3,(H,27,31)/t17-/m0/s1. The first-order valence-corrected chi connectivity index (χ1v) is 11.0. The molecule has 32 heavy (non-hydrogen) atoms. The van der Waals surface area contributed by atoms with Gasteiger partial charge in [-0.15, -0.1) is 0 Å². The average Bonchev–Trinajstić information content (AvgIpc) is 3.07. The average molecular weight is 432 g/mol. The van der Waals surface area contributed by atoms with Crippen molar-refractivity contribution in [3.8, 4) is 0 Å². The Labute approximate surface area is 187 Å². The van der Waals surface area contributed by atoms with Gasteiger partial charge in [-0.25, -0.2) is 9.97 Å². The molecule has 3 N–H and O–H groups in total. The zero-order valence-electron chi connectivity index (χ0n) is 18.5. The Morgan fingerprint density at radius 2 is 1.78 bits per heavy atom. The van der Waals surface area contributed by atoms with Crippen LogP contribution in [0.1, 0.15) is 35.7 Å². The van der Waals surface area contributed by atoms with Gasteiger partial charge in [0, 0.05) is 26.3 Å². The summed E-state index contributed by atoms with van der Waals surface area (Å²) in [5.41, 5.74) is 10.8. The second-order valence-corrected chi connectivity index (χ2v) is 8.04. The fourth-order valence-electron chi connectivity index (χ4n) is 3.93. The number of nitrogens with zero attached hydrogens (tertiary/aromatic N) is 3. The number of fused-ring (bicyclic) bond motifs is 2. The summed E-state index contributed by atoms with van der Waals surface area (Å²) in [6.07, 6.45) is 2.48. The lowest BCUT2D eigenvalue weighted by Crippen LogP contribution is -2.33. The molecule has 0 fully saturated rings. The maximum Gasteiger partial charge on any atom is 0.257 e. The molecular weight excluding hydrogens is 402 g/mol. The van der Waals surface area contributed by atoms with Gasteiger partial charge in [-0.2, -0.15) is 0 Å². The molecule has 166 valence electrons. The number of rotatable bonds is 9. The number of benzene rings is 2. The number of nitrogens with one attached hydrogen (secondary N) is 1. The number of para-hydroxylation sites is 2. The van der Waals surface area contributed by atoms with Crippen LogP contribution < -0.4 is 11.1 Å². The predicted octanol–water partition coefficient (Wildman–Crippen LogP) is 3.95. The number of aromatic nitrogens is 3. The molecule has 4 rings (SSSR count). The maximum atomic E-state index is 13.3. The van der Waals surface area contributed by atoms with Crippen molar-refractivity contribution in [3.05, 3.63) is 65.7 Å². The summed E-state index contributed by atoms with van der Waals surface area (Å²) in [6.45, 7) is 3.20. The van der Waals surface area contributed by atoms with Crippen LogP contribution in [0.25, 0.3) is 22.2 Å². The van der Waals surface area contributed by atoms with E-state index >= 15 is 0 Å². The van der Waals surface area contributed by atoms with Gasteiger partial charge in [0.05, 0.1) is 11.0 Å². The molecule has 0 saturated carbocycles. The largest absolute Gasteiger partial charge is 0.385 e. The number of aryl methyl sites for hydroxylation is 2. The van der Waals surface area contributed by atoms with Crippen molar-refractivity contribution >= 4 is 33.9 Å². The lowest BCUT2D eigenvalue weighted by atomic mass is 10.1. The highest BCUT2D eigenvalue weighted by Gasteiger charge is 2.24. The third-order valence-electron chi connectivity index (χ3n) is 5.64. The lowest BCUT2D eigenvalue weighted by Gasteiger charge is -2.14. The van der Waals surface area contributed by atoms with Crippen LogP contribution in [0.5, 0.6) is 0 Å². The Balaban J connectivity index is 1.63. The van der Waals surface area contributed by atoms with E-state index in [4.69, 9.17) is 20.4 Å². The van der Waals surface area contributed by atoms with Gasteiger partial charge in [0.15, 0.2) is 5.65 Å². The second-order valence-electron chi connectivity index (χ2n) is 8.04. The highest BCUT2D eigenvalue weighted by atomic mass is 16.5. The van der Waals surface area contributed by atoms with Crippen LogP contribution in [0.2, 0.25) is 0 Å². The van der Waals surface area contributed by atoms with E-state index in [9.17, 15) is 4.79 Å². The van der Waals surface area contributed by atoms with Crippen LogP contribution in [0.3, 0.4) is 0 Å². The lowest BCUT2D eigenvalue weighted by molar-refractivity contribution is 0.0940. The van der Waals surface area contributed by atoms with Gasteiger partial charge >= 0.3 is 0 Å². The van der Waals surface area contributed by atoms with Crippen molar-refractivity contribution < 1.29 is 9.53 Å². The first-order valence-electron chi connectivity index (χ1n) is 11.0. The van der Waals surface area contributed by atoms with Crippen LogP contribution in [0.15, 0.2) is 54.6 Å². The molecule has 0 bridgehead atoms. The van der Waals surface area contributed by atoms with E-state index in [-0.39, 0.29) is 11.9 Å². The fourth-order valence-corrected chi connectivity index (χ4v) is 3.93. The van der Waals surface area contributed by atoms with Crippen molar-refractivity contribution in [3.63, 3.8) is 0 Å². The number of hydrogen-bond donors (Lipinski definition) is 2. The molecule has 0 aliphatic rings. The summed E-state index contributed by atoms with van der Waals surface area (Å²) in [7, 11) is 1.67. The van der Waals surface area contributed by atoms with E-state index in [2.05, 4.69) is 17.4 Å².